The van der Waals surface area contributed by atoms with Crippen molar-refractivity contribution in [1.82, 2.24) is 14.6 Å². The van der Waals surface area contributed by atoms with Gasteiger partial charge in [0.05, 0.1) is 11.8 Å². The highest BCUT2D eigenvalue weighted by molar-refractivity contribution is 7.88. The van der Waals surface area contributed by atoms with Gasteiger partial charge >= 0.3 is 0 Å². The maximum atomic E-state index is 13.7. The van der Waals surface area contributed by atoms with Crippen LogP contribution in [0.4, 0.5) is 4.39 Å². The van der Waals surface area contributed by atoms with Crippen molar-refractivity contribution >= 4 is 20.9 Å². The Morgan fingerprint density at radius 3 is 2.82 bits per heavy atom. The fourth-order valence-electron chi connectivity index (χ4n) is 2.15. The Bertz CT molecular complexity index is 750. The van der Waals surface area contributed by atoms with Crippen molar-refractivity contribution in [3.8, 4) is 0 Å². The highest BCUT2D eigenvalue weighted by atomic mass is 32.2. The smallest absolute Gasteiger partial charge is 0.210 e. The van der Waals surface area contributed by atoms with Crippen molar-refractivity contribution in [3.05, 3.63) is 41.8 Å². The Morgan fingerprint density at radius 2 is 2.09 bits per heavy atom. The summed E-state index contributed by atoms with van der Waals surface area (Å²) >= 11 is 0. The van der Waals surface area contributed by atoms with Crippen LogP contribution >= 0.6 is 0 Å². The van der Waals surface area contributed by atoms with Gasteiger partial charge in [0.15, 0.2) is 0 Å². The molecule has 0 atom stereocenters. The van der Waals surface area contributed by atoms with E-state index < -0.39 is 10.0 Å². The molecule has 0 bridgehead atoms. The number of fused-ring (bicyclic) bond motifs is 1. The van der Waals surface area contributed by atoms with Gasteiger partial charge in [-0.25, -0.2) is 17.1 Å². The fourth-order valence-corrected chi connectivity index (χ4v) is 2.62. The summed E-state index contributed by atoms with van der Waals surface area (Å²) < 4.78 is 37.5. The fraction of sp³-hybridized carbons (Fsp3) is 0.400. The Balaban J connectivity index is 1.89. The number of sulfonamides is 1. The van der Waals surface area contributed by atoms with Crippen LogP contribution in [0.3, 0.4) is 0 Å². The molecule has 2 rings (SSSR count). The molecule has 1 N–H and O–H groups in total. The van der Waals surface area contributed by atoms with Gasteiger partial charge in [-0.3, -0.25) is 4.98 Å². The first-order valence-electron chi connectivity index (χ1n) is 7.04. The molecule has 0 aliphatic heterocycles. The standard InChI is InChI=1S/C15H20FN3O2S/c1-19(22(2,20)21)10-4-8-17-11-12-6-7-14(16)13-5-3-9-18-15(12)13/h3,5-7,9,17H,4,8,10-11H2,1-2H3. The van der Waals surface area contributed by atoms with E-state index in [9.17, 15) is 12.8 Å². The van der Waals surface area contributed by atoms with Gasteiger partial charge in [-0.2, -0.15) is 0 Å². The topological polar surface area (TPSA) is 62.3 Å². The summed E-state index contributed by atoms with van der Waals surface area (Å²) in [7, 11) is -1.56. The molecule has 0 radical (unpaired) electrons. The molecule has 120 valence electrons. The van der Waals surface area contributed by atoms with Crippen LogP contribution in [0.25, 0.3) is 10.9 Å². The first-order valence-corrected chi connectivity index (χ1v) is 8.88. The Labute approximate surface area is 130 Å². The number of pyridine rings is 1. The van der Waals surface area contributed by atoms with Gasteiger partial charge in [0.25, 0.3) is 0 Å². The number of benzene rings is 1. The zero-order valence-electron chi connectivity index (χ0n) is 12.7. The van der Waals surface area contributed by atoms with Crippen LogP contribution in [-0.2, 0) is 16.6 Å². The molecule has 2 aromatic rings. The number of aromatic nitrogens is 1. The summed E-state index contributed by atoms with van der Waals surface area (Å²) in [4.78, 5) is 4.23. The van der Waals surface area contributed by atoms with Crippen LogP contribution in [0, 0.1) is 5.82 Å². The van der Waals surface area contributed by atoms with Gasteiger partial charge in [0.2, 0.25) is 10.0 Å². The molecule has 22 heavy (non-hydrogen) atoms. The summed E-state index contributed by atoms with van der Waals surface area (Å²) in [5, 5.41) is 3.75. The van der Waals surface area contributed by atoms with Crippen molar-refractivity contribution in [2.75, 3.05) is 26.4 Å². The summed E-state index contributed by atoms with van der Waals surface area (Å²) in [6.45, 7) is 1.70. The average Bonchev–Trinajstić information content (AvgIpc) is 2.48. The zero-order chi connectivity index (χ0) is 16.2. The molecule has 1 aromatic carbocycles. The maximum absolute atomic E-state index is 13.7. The second-order valence-corrected chi connectivity index (χ2v) is 7.31. The van der Waals surface area contributed by atoms with Gasteiger partial charge in [-0.05, 0) is 36.7 Å². The number of nitrogens with one attached hydrogen (secondary N) is 1. The minimum Gasteiger partial charge on any atom is -0.313 e. The molecule has 0 amide bonds. The highest BCUT2D eigenvalue weighted by Gasteiger charge is 2.10. The van der Waals surface area contributed by atoms with Gasteiger partial charge < -0.3 is 5.32 Å². The third-order valence-corrected chi connectivity index (χ3v) is 4.82. The number of nitrogens with zero attached hydrogens (tertiary/aromatic N) is 2. The third-order valence-electron chi connectivity index (χ3n) is 3.51. The summed E-state index contributed by atoms with van der Waals surface area (Å²) in [6, 6.07) is 6.59. The minimum absolute atomic E-state index is 0.276. The van der Waals surface area contributed by atoms with Crippen LogP contribution in [0.1, 0.15) is 12.0 Å². The Kier molecular flexibility index (Phi) is 5.44. The summed E-state index contributed by atoms with van der Waals surface area (Å²) in [5.41, 5.74) is 1.58. The molecule has 5 nitrogen and oxygen atoms in total. The van der Waals surface area contributed by atoms with Crippen LogP contribution in [0.2, 0.25) is 0 Å². The molecule has 0 aliphatic rings. The third kappa shape index (κ3) is 4.22. The molecule has 0 aliphatic carbocycles. The van der Waals surface area contributed by atoms with Crippen molar-refractivity contribution < 1.29 is 12.8 Å². The van der Waals surface area contributed by atoms with E-state index in [1.54, 1.807) is 31.4 Å². The summed E-state index contributed by atoms with van der Waals surface area (Å²) in [6.07, 6.45) is 3.54. The van der Waals surface area contributed by atoms with Gasteiger partial charge in [-0.1, -0.05) is 6.07 Å². The molecule has 1 aromatic heterocycles. The monoisotopic (exact) mass is 325 g/mol. The molecule has 1 heterocycles. The predicted molar refractivity (Wildman–Crippen MR) is 85.5 cm³/mol. The Morgan fingerprint density at radius 1 is 1.32 bits per heavy atom. The van der Waals surface area contributed by atoms with Crippen LogP contribution in [0.15, 0.2) is 30.5 Å². The van der Waals surface area contributed by atoms with Gasteiger partial charge in [-0.15, -0.1) is 0 Å². The maximum Gasteiger partial charge on any atom is 0.210 e. The number of rotatable bonds is 7. The first kappa shape index (κ1) is 16.8. The van der Waals surface area contributed by atoms with Crippen molar-refractivity contribution in [2.24, 2.45) is 0 Å². The molecular formula is C15H20FN3O2S. The van der Waals surface area contributed by atoms with E-state index >= 15 is 0 Å². The second kappa shape index (κ2) is 7.13. The van der Waals surface area contributed by atoms with Gasteiger partial charge in [0, 0.05) is 31.7 Å². The largest absolute Gasteiger partial charge is 0.313 e. The molecule has 0 fully saturated rings. The number of halogens is 1. The van der Waals surface area contributed by atoms with E-state index in [4.69, 9.17) is 0 Å². The normalized spacial score (nSPS) is 12.2. The van der Waals surface area contributed by atoms with Crippen LogP contribution < -0.4 is 5.32 Å². The van der Waals surface area contributed by atoms with E-state index in [0.717, 1.165) is 5.56 Å². The molecule has 0 spiro atoms. The highest BCUT2D eigenvalue weighted by Crippen LogP contribution is 2.19. The molecular weight excluding hydrogens is 305 g/mol. The average molecular weight is 325 g/mol. The predicted octanol–water partition coefficient (Wildman–Crippen LogP) is 1.74. The lowest BCUT2D eigenvalue weighted by Gasteiger charge is -2.14. The molecule has 0 saturated carbocycles. The van der Waals surface area contributed by atoms with Gasteiger partial charge in [0.1, 0.15) is 5.82 Å². The summed E-state index contributed by atoms with van der Waals surface area (Å²) in [5.74, 6) is -0.276. The van der Waals surface area contributed by atoms with E-state index in [2.05, 4.69) is 10.3 Å². The lowest BCUT2D eigenvalue weighted by Crippen LogP contribution is -2.28. The SMILES string of the molecule is CN(CCCNCc1ccc(F)c2cccnc12)S(C)(=O)=O. The molecule has 0 saturated heterocycles. The quantitative estimate of drug-likeness (QED) is 0.788. The lowest BCUT2D eigenvalue weighted by molar-refractivity contribution is 0.458. The lowest BCUT2D eigenvalue weighted by atomic mass is 10.1. The van der Waals surface area contributed by atoms with E-state index in [0.29, 0.717) is 37.0 Å². The molecule has 7 heteroatoms. The van der Waals surface area contributed by atoms with E-state index in [1.165, 1.54) is 16.6 Å². The minimum atomic E-state index is -3.12. The molecule has 0 unspecified atom stereocenters. The Hall–Kier alpha value is -1.57. The zero-order valence-corrected chi connectivity index (χ0v) is 13.5. The number of hydrogen-bond acceptors (Lipinski definition) is 4. The first-order chi connectivity index (χ1) is 10.4. The van der Waals surface area contributed by atoms with E-state index in [1.807, 2.05) is 0 Å². The van der Waals surface area contributed by atoms with Crippen molar-refractivity contribution in [2.45, 2.75) is 13.0 Å². The van der Waals surface area contributed by atoms with Crippen LogP contribution in [-0.4, -0.2) is 44.1 Å². The van der Waals surface area contributed by atoms with Crippen molar-refractivity contribution in [1.29, 1.82) is 0 Å². The van der Waals surface area contributed by atoms with Crippen LogP contribution in [0.5, 0.6) is 0 Å². The van der Waals surface area contributed by atoms with E-state index in [-0.39, 0.29) is 5.82 Å². The number of hydrogen-bond donors (Lipinski definition) is 1. The van der Waals surface area contributed by atoms with Crippen molar-refractivity contribution in [3.63, 3.8) is 0 Å². The second-order valence-electron chi connectivity index (χ2n) is 5.22.